The van der Waals surface area contributed by atoms with Crippen LogP contribution < -0.4 is 0 Å². The van der Waals surface area contributed by atoms with Gasteiger partial charge in [-0.2, -0.15) is 0 Å². The molecule has 1 saturated carbocycles. The Kier molecular flexibility index (Phi) is 0.804. The zero-order chi connectivity index (χ0) is 4.57. The van der Waals surface area contributed by atoms with Gasteiger partial charge in [-0.15, -0.1) is 0 Å². The van der Waals surface area contributed by atoms with Crippen LogP contribution in [0.1, 0.15) is 12.8 Å². The molecule has 0 bridgehead atoms. The maximum absolute atomic E-state index is 10.0. The van der Waals surface area contributed by atoms with Crippen LogP contribution in [0.25, 0.3) is 0 Å². The maximum atomic E-state index is 10.0. The molecule has 1 aliphatic carbocycles. The third-order valence-electron chi connectivity index (χ3n) is 0.911. The normalized spacial score (nSPS) is 20.7. The molecule has 6 heavy (non-hydrogen) atoms. The lowest BCUT2D eigenvalue weighted by atomic mass is 10.5. The smallest absolute Gasteiger partial charge is 0.221 e. The van der Waals surface area contributed by atoms with Crippen LogP contribution in [-0.2, 0) is 4.79 Å². The van der Waals surface area contributed by atoms with E-state index in [2.05, 4.69) is 12.6 Å². The first-order valence-corrected chi connectivity index (χ1v) is 2.42. The van der Waals surface area contributed by atoms with Crippen LogP contribution in [0.4, 0.5) is 0 Å². The Hall–Kier alpha value is -0.110. The first-order valence-electron chi connectivity index (χ1n) is 2.01. The highest BCUT2D eigenvalue weighted by molar-refractivity contribution is 7.96. The van der Waals surface area contributed by atoms with Gasteiger partial charge in [-0.1, -0.05) is 0 Å². The van der Waals surface area contributed by atoms with Crippen LogP contribution in [0.3, 0.4) is 0 Å². The Balaban J connectivity index is 2.31. The lowest BCUT2D eigenvalue weighted by Crippen LogP contribution is -1.84. The second kappa shape index (κ2) is 1.19. The minimum Gasteiger partial charge on any atom is -0.282 e. The highest BCUT2D eigenvalue weighted by atomic mass is 32.1. The molecule has 0 aromatic rings. The van der Waals surface area contributed by atoms with Gasteiger partial charge in [0, 0.05) is 5.92 Å². The predicted octanol–water partition coefficient (Wildman–Crippen LogP) is 1.12. The summed E-state index contributed by atoms with van der Waals surface area (Å²) in [5.41, 5.74) is 0. The molecular formula is C4H5OS. The summed E-state index contributed by atoms with van der Waals surface area (Å²) >= 11 is 4.33. The summed E-state index contributed by atoms with van der Waals surface area (Å²) in [6, 6.07) is 0. The summed E-state index contributed by atoms with van der Waals surface area (Å²) in [5.74, 6) is 0.278. The average Bonchev–Trinajstić information content (AvgIpc) is 2.06. The van der Waals surface area contributed by atoms with Crippen molar-refractivity contribution in [1.82, 2.24) is 0 Å². The quantitative estimate of drug-likeness (QED) is 0.483. The molecule has 0 amide bonds. The van der Waals surface area contributed by atoms with Crippen molar-refractivity contribution < 1.29 is 4.79 Å². The number of hydrogen-bond donors (Lipinski definition) is 0. The van der Waals surface area contributed by atoms with Crippen LogP contribution in [-0.4, -0.2) is 5.12 Å². The van der Waals surface area contributed by atoms with Crippen molar-refractivity contribution in [1.29, 1.82) is 0 Å². The van der Waals surface area contributed by atoms with Gasteiger partial charge < -0.3 is 0 Å². The third-order valence-corrected chi connectivity index (χ3v) is 1.24. The Morgan fingerprint density at radius 2 is 2.17 bits per heavy atom. The van der Waals surface area contributed by atoms with Gasteiger partial charge in [0.25, 0.3) is 0 Å². The zero-order valence-corrected chi connectivity index (χ0v) is 4.12. The third kappa shape index (κ3) is 0.684. The SMILES string of the molecule is O=C([S])C1CC1. The van der Waals surface area contributed by atoms with Gasteiger partial charge in [0.2, 0.25) is 5.12 Å². The van der Waals surface area contributed by atoms with Gasteiger partial charge in [-0.05, 0) is 25.5 Å². The summed E-state index contributed by atoms with van der Waals surface area (Å²) in [6.45, 7) is 0. The Morgan fingerprint density at radius 1 is 1.67 bits per heavy atom. The summed E-state index contributed by atoms with van der Waals surface area (Å²) < 4.78 is 0. The summed E-state index contributed by atoms with van der Waals surface area (Å²) in [7, 11) is 0. The molecule has 1 radical (unpaired) electrons. The molecular weight excluding hydrogens is 96.1 g/mol. The lowest BCUT2D eigenvalue weighted by molar-refractivity contribution is -0.111. The van der Waals surface area contributed by atoms with E-state index in [1.807, 2.05) is 0 Å². The minimum atomic E-state index is -0.0463. The number of carbonyl (C=O) groups is 1. The van der Waals surface area contributed by atoms with E-state index in [9.17, 15) is 4.79 Å². The highest BCUT2D eigenvalue weighted by Gasteiger charge is 2.27. The Labute approximate surface area is 42.1 Å². The van der Waals surface area contributed by atoms with E-state index in [-0.39, 0.29) is 11.0 Å². The van der Waals surface area contributed by atoms with E-state index in [1.165, 1.54) is 0 Å². The van der Waals surface area contributed by atoms with Gasteiger partial charge in [-0.3, -0.25) is 4.79 Å². The molecule has 0 aromatic heterocycles. The average molecular weight is 101 g/mol. The summed E-state index contributed by atoms with van der Waals surface area (Å²) in [6.07, 6.45) is 2.09. The number of carbonyl (C=O) groups excluding carboxylic acids is 1. The van der Waals surface area contributed by atoms with Crippen molar-refractivity contribution in [2.75, 3.05) is 0 Å². The van der Waals surface area contributed by atoms with E-state index in [1.54, 1.807) is 0 Å². The molecule has 1 fully saturated rings. The number of rotatable bonds is 1. The Morgan fingerprint density at radius 3 is 2.17 bits per heavy atom. The van der Waals surface area contributed by atoms with E-state index in [0.717, 1.165) is 12.8 Å². The molecule has 2 heteroatoms. The van der Waals surface area contributed by atoms with E-state index >= 15 is 0 Å². The van der Waals surface area contributed by atoms with Gasteiger partial charge in [0.15, 0.2) is 0 Å². The fourth-order valence-electron chi connectivity index (χ4n) is 0.319. The monoisotopic (exact) mass is 101 g/mol. The fourth-order valence-corrected chi connectivity index (χ4v) is 0.555. The van der Waals surface area contributed by atoms with Crippen molar-refractivity contribution in [3.8, 4) is 0 Å². The van der Waals surface area contributed by atoms with E-state index < -0.39 is 0 Å². The molecule has 1 nitrogen and oxygen atoms in total. The van der Waals surface area contributed by atoms with Gasteiger partial charge in [-0.25, -0.2) is 0 Å². The summed E-state index contributed by atoms with van der Waals surface area (Å²) in [5, 5.41) is -0.0463. The largest absolute Gasteiger partial charge is 0.282 e. The van der Waals surface area contributed by atoms with Crippen molar-refractivity contribution in [3.05, 3.63) is 0 Å². The van der Waals surface area contributed by atoms with Gasteiger partial charge in [0.1, 0.15) is 0 Å². The van der Waals surface area contributed by atoms with Crippen LogP contribution in [0.2, 0.25) is 0 Å². The van der Waals surface area contributed by atoms with Crippen LogP contribution in [0.5, 0.6) is 0 Å². The highest BCUT2D eigenvalue weighted by Crippen LogP contribution is 2.30. The fraction of sp³-hybridized carbons (Fsp3) is 0.750. The minimum absolute atomic E-state index is 0.0463. The molecule has 0 saturated heterocycles. The van der Waals surface area contributed by atoms with Crippen LogP contribution in [0.15, 0.2) is 0 Å². The Bertz CT molecular complexity index is 75.6. The molecule has 0 atom stereocenters. The van der Waals surface area contributed by atoms with Gasteiger partial charge >= 0.3 is 0 Å². The molecule has 0 heterocycles. The van der Waals surface area contributed by atoms with Crippen LogP contribution in [0, 0.1) is 5.92 Å². The van der Waals surface area contributed by atoms with E-state index in [4.69, 9.17) is 0 Å². The molecule has 0 N–H and O–H groups in total. The molecule has 1 rings (SSSR count). The van der Waals surface area contributed by atoms with Crippen LogP contribution >= 0.6 is 12.6 Å². The maximum Gasteiger partial charge on any atom is 0.221 e. The second-order valence-corrected chi connectivity index (χ2v) is 2.00. The van der Waals surface area contributed by atoms with Crippen molar-refractivity contribution in [3.63, 3.8) is 0 Å². The molecule has 0 spiro atoms. The molecule has 1 aliphatic rings. The van der Waals surface area contributed by atoms with Crippen molar-refractivity contribution in [2.45, 2.75) is 12.8 Å². The van der Waals surface area contributed by atoms with E-state index in [0.29, 0.717) is 0 Å². The molecule has 33 valence electrons. The molecule has 0 aliphatic heterocycles. The lowest BCUT2D eigenvalue weighted by Gasteiger charge is -1.72. The molecule has 0 aromatic carbocycles. The number of hydrogen-bond acceptors (Lipinski definition) is 1. The van der Waals surface area contributed by atoms with Crippen molar-refractivity contribution in [2.24, 2.45) is 5.92 Å². The first kappa shape index (κ1) is 4.06. The standard InChI is InChI=1S/C4H5OS/c5-4(6)3-1-2-3/h3H,1-2H2. The summed E-state index contributed by atoms with van der Waals surface area (Å²) in [4.78, 5) is 10.0. The predicted molar refractivity (Wildman–Crippen MR) is 25.3 cm³/mol. The zero-order valence-electron chi connectivity index (χ0n) is 3.31. The van der Waals surface area contributed by atoms with Gasteiger partial charge in [0.05, 0.1) is 0 Å². The second-order valence-electron chi connectivity index (χ2n) is 1.59. The first-order chi connectivity index (χ1) is 2.80. The molecule has 0 unspecified atom stereocenters. The topological polar surface area (TPSA) is 17.1 Å². The van der Waals surface area contributed by atoms with Crippen molar-refractivity contribution >= 4 is 17.7 Å².